The number of phenolic OH excluding ortho intramolecular Hbond substituents is 1. The van der Waals surface area contributed by atoms with E-state index in [-0.39, 0.29) is 0 Å². The Morgan fingerprint density at radius 2 is 2.16 bits per heavy atom. The monoisotopic (exact) mass is 261 g/mol. The van der Waals surface area contributed by atoms with E-state index in [2.05, 4.69) is 31.7 Å². The number of aromatic hydroxyl groups is 1. The lowest BCUT2D eigenvalue weighted by atomic mass is 9.93. The van der Waals surface area contributed by atoms with Gasteiger partial charge >= 0.3 is 0 Å². The Labute approximate surface area is 117 Å². The van der Waals surface area contributed by atoms with Crippen molar-refractivity contribution in [3.8, 4) is 5.75 Å². The molecule has 1 aliphatic heterocycles. The van der Waals surface area contributed by atoms with Crippen LogP contribution in [0.25, 0.3) is 0 Å². The van der Waals surface area contributed by atoms with Crippen LogP contribution in [0.1, 0.15) is 63.1 Å². The molecule has 1 fully saturated rings. The van der Waals surface area contributed by atoms with Gasteiger partial charge in [-0.2, -0.15) is 0 Å². The second kappa shape index (κ2) is 6.42. The Morgan fingerprint density at radius 3 is 2.89 bits per heavy atom. The van der Waals surface area contributed by atoms with E-state index in [1.54, 1.807) is 0 Å². The summed E-state index contributed by atoms with van der Waals surface area (Å²) in [6.07, 6.45) is 6.47. The number of rotatable bonds is 4. The topological polar surface area (TPSA) is 23.5 Å². The van der Waals surface area contributed by atoms with Crippen molar-refractivity contribution in [1.29, 1.82) is 0 Å². The Kier molecular flexibility index (Phi) is 4.87. The maximum Gasteiger partial charge on any atom is 0.120 e. The third-order valence-corrected chi connectivity index (χ3v) is 4.43. The molecule has 1 heterocycles. The molecule has 0 aromatic heterocycles. The molecule has 1 saturated heterocycles. The first-order chi connectivity index (χ1) is 9.13. The fourth-order valence-electron chi connectivity index (χ4n) is 3.36. The summed E-state index contributed by atoms with van der Waals surface area (Å²) in [5.74, 6) is 0.443. The molecular weight excluding hydrogens is 234 g/mol. The summed E-state index contributed by atoms with van der Waals surface area (Å²) in [5.41, 5.74) is 2.31. The molecule has 2 atom stereocenters. The Hall–Kier alpha value is -1.02. The molecule has 1 aliphatic rings. The van der Waals surface area contributed by atoms with Crippen LogP contribution in [-0.2, 0) is 0 Å². The van der Waals surface area contributed by atoms with Gasteiger partial charge in [0.05, 0.1) is 0 Å². The molecule has 0 amide bonds. The van der Waals surface area contributed by atoms with Gasteiger partial charge in [-0.15, -0.1) is 0 Å². The average Bonchev–Trinajstić information content (AvgIpc) is 2.42. The minimum Gasteiger partial charge on any atom is -0.508 e. The SMILES string of the molecule is CCCC1CCCCN1C(C)c1cc(C)ccc1O. The zero-order valence-corrected chi connectivity index (χ0v) is 12.5. The molecule has 1 aromatic carbocycles. The summed E-state index contributed by atoms with van der Waals surface area (Å²) in [7, 11) is 0. The van der Waals surface area contributed by atoms with E-state index in [0.29, 0.717) is 17.8 Å². The first-order valence-electron chi connectivity index (χ1n) is 7.68. The molecule has 106 valence electrons. The molecule has 2 unspecified atom stereocenters. The molecule has 2 nitrogen and oxygen atoms in total. The number of hydrogen-bond donors (Lipinski definition) is 1. The standard InChI is InChI=1S/C17H27NO/c1-4-7-15-8-5-6-11-18(15)14(3)16-12-13(2)9-10-17(16)19/h9-10,12,14-15,19H,4-8,11H2,1-3H3. The molecule has 19 heavy (non-hydrogen) atoms. The second-order valence-corrected chi connectivity index (χ2v) is 5.91. The highest BCUT2D eigenvalue weighted by atomic mass is 16.3. The molecule has 2 rings (SSSR count). The fraction of sp³-hybridized carbons (Fsp3) is 0.647. The fourth-order valence-corrected chi connectivity index (χ4v) is 3.36. The third kappa shape index (κ3) is 3.30. The minimum absolute atomic E-state index is 0.316. The number of piperidine rings is 1. The van der Waals surface area contributed by atoms with Crippen LogP contribution in [0.3, 0.4) is 0 Å². The number of benzene rings is 1. The molecule has 0 saturated carbocycles. The van der Waals surface area contributed by atoms with Gasteiger partial charge in [-0.1, -0.05) is 37.5 Å². The van der Waals surface area contributed by atoms with E-state index in [4.69, 9.17) is 0 Å². The normalized spacial score (nSPS) is 22.4. The summed E-state index contributed by atoms with van der Waals surface area (Å²) in [6.45, 7) is 7.76. The van der Waals surface area contributed by atoms with Crippen molar-refractivity contribution in [2.75, 3.05) is 6.54 Å². The van der Waals surface area contributed by atoms with E-state index in [9.17, 15) is 5.11 Å². The molecule has 0 aliphatic carbocycles. The predicted octanol–water partition coefficient (Wildman–Crippen LogP) is 4.42. The van der Waals surface area contributed by atoms with Gasteiger partial charge in [0.15, 0.2) is 0 Å². The van der Waals surface area contributed by atoms with E-state index < -0.39 is 0 Å². The quantitative estimate of drug-likeness (QED) is 0.867. The lowest BCUT2D eigenvalue weighted by molar-refractivity contribution is 0.0950. The first-order valence-corrected chi connectivity index (χ1v) is 7.68. The van der Waals surface area contributed by atoms with E-state index in [0.717, 1.165) is 5.56 Å². The Balaban J connectivity index is 2.20. The molecular formula is C17H27NO. The van der Waals surface area contributed by atoms with Crippen LogP contribution >= 0.6 is 0 Å². The van der Waals surface area contributed by atoms with Gasteiger partial charge < -0.3 is 5.11 Å². The molecule has 0 spiro atoms. The number of phenols is 1. The molecule has 1 aromatic rings. The van der Waals surface area contributed by atoms with Crippen molar-refractivity contribution < 1.29 is 5.11 Å². The predicted molar refractivity (Wildman–Crippen MR) is 80.5 cm³/mol. The largest absolute Gasteiger partial charge is 0.508 e. The zero-order valence-electron chi connectivity index (χ0n) is 12.5. The third-order valence-electron chi connectivity index (χ3n) is 4.43. The van der Waals surface area contributed by atoms with Gasteiger partial charge in [0.1, 0.15) is 5.75 Å². The van der Waals surface area contributed by atoms with Gasteiger partial charge in [0.2, 0.25) is 0 Å². The lowest BCUT2D eigenvalue weighted by Gasteiger charge is -2.40. The van der Waals surface area contributed by atoms with Crippen LogP contribution in [0.15, 0.2) is 18.2 Å². The molecule has 0 radical (unpaired) electrons. The highest BCUT2D eigenvalue weighted by Gasteiger charge is 2.27. The van der Waals surface area contributed by atoms with Crippen molar-refractivity contribution in [2.45, 2.75) is 65.0 Å². The number of aryl methyl sites for hydroxylation is 1. The first kappa shape index (κ1) is 14.4. The highest BCUT2D eigenvalue weighted by molar-refractivity contribution is 5.37. The summed E-state index contributed by atoms with van der Waals surface area (Å²) >= 11 is 0. The van der Waals surface area contributed by atoms with Crippen molar-refractivity contribution in [3.05, 3.63) is 29.3 Å². The summed E-state index contributed by atoms with van der Waals surface area (Å²) in [5, 5.41) is 10.1. The number of likely N-dealkylation sites (tertiary alicyclic amines) is 1. The maximum absolute atomic E-state index is 10.1. The number of nitrogens with zero attached hydrogens (tertiary/aromatic N) is 1. The van der Waals surface area contributed by atoms with Crippen molar-refractivity contribution in [2.24, 2.45) is 0 Å². The van der Waals surface area contributed by atoms with Crippen LogP contribution in [0, 0.1) is 6.92 Å². The number of hydrogen-bond acceptors (Lipinski definition) is 2. The van der Waals surface area contributed by atoms with E-state index in [1.807, 2.05) is 12.1 Å². The lowest BCUT2D eigenvalue weighted by Crippen LogP contribution is -2.41. The van der Waals surface area contributed by atoms with Crippen molar-refractivity contribution in [1.82, 2.24) is 4.90 Å². The summed E-state index contributed by atoms with van der Waals surface area (Å²) < 4.78 is 0. The second-order valence-electron chi connectivity index (χ2n) is 5.91. The maximum atomic E-state index is 10.1. The Bertz CT molecular complexity index is 414. The van der Waals surface area contributed by atoms with Crippen LogP contribution in [0.5, 0.6) is 5.75 Å². The minimum atomic E-state index is 0.316. The van der Waals surface area contributed by atoms with Gasteiger partial charge in [-0.25, -0.2) is 0 Å². The van der Waals surface area contributed by atoms with Gasteiger partial charge in [0, 0.05) is 17.6 Å². The van der Waals surface area contributed by atoms with Crippen LogP contribution in [-0.4, -0.2) is 22.6 Å². The molecule has 1 N–H and O–H groups in total. The van der Waals surface area contributed by atoms with Gasteiger partial charge in [0.25, 0.3) is 0 Å². The van der Waals surface area contributed by atoms with Crippen LogP contribution in [0.4, 0.5) is 0 Å². The van der Waals surface area contributed by atoms with Crippen molar-refractivity contribution in [3.63, 3.8) is 0 Å². The van der Waals surface area contributed by atoms with Gasteiger partial charge in [-0.05, 0) is 45.7 Å². The Morgan fingerprint density at radius 1 is 1.37 bits per heavy atom. The molecule has 0 bridgehead atoms. The molecule has 2 heteroatoms. The summed E-state index contributed by atoms with van der Waals surface area (Å²) in [6, 6.07) is 6.95. The van der Waals surface area contributed by atoms with Crippen LogP contribution < -0.4 is 0 Å². The van der Waals surface area contributed by atoms with E-state index >= 15 is 0 Å². The van der Waals surface area contributed by atoms with Gasteiger partial charge in [-0.3, -0.25) is 4.90 Å². The summed E-state index contributed by atoms with van der Waals surface area (Å²) in [4.78, 5) is 2.60. The van der Waals surface area contributed by atoms with Crippen molar-refractivity contribution >= 4 is 0 Å². The highest BCUT2D eigenvalue weighted by Crippen LogP contribution is 2.34. The smallest absolute Gasteiger partial charge is 0.120 e. The van der Waals surface area contributed by atoms with E-state index in [1.165, 1.54) is 44.2 Å². The average molecular weight is 261 g/mol. The van der Waals surface area contributed by atoms with Crippen LogP contribution in [0.2, 0.25) is 0 Å². The zero-order chi connectivity index (χ0) is 13.8.